The van der Waals surface area contributed by atoms with Gasteiger partial charge in [-0.2, -0.15) is 0 Å². The van der Waals surface area contributed by atoms with E-state index in [1.54, 1.807) is 0 Å². The van der Waals surface area contributed by atoms with E-state index in [2.05, 4.69) is 72.5 Å². The Hall–Kier alpha value is -1.89. The third-order valence-electron chi connectivity index (χ3n) is 5.55. The molecule has 0 bridgehead atoms. The minimum Gasteiger partial charge on any atom is -0.357 e. The van der Waals surface area contributed by atoms with E-state index in [4.69, 9.17) is 4.99 Å². The van der Waals surface area contributed by atoms with E-state index in [1.165, 1.54) is 35.7 Å². The van der Waals surface area contributed by atoms with Gasteiger partial charge in [-0.15, -0.1) is 10.2 Å². The molecule has 2 aromatic rings. The van der Waals surface area contributed by atoms with E-state index in [0.29, 0.717) is 6.54 Å². The highest BCUT2D eigenvalue weighted by molar-refractivity contribution is 9.10. The maximum Gasteiger partial charge on any atom is 0.191 e. The molecular weight excluding hydrogens is 404 g/mol. The van der Waals surface area contributed by atoms with Crippen molar-refractivity contribution in [1.82, 2.24) is 25.4 Å². The second-order valence-electron chi connectivity index (χ2n) is 7.45. The van der Waals surface area contributed by atoms with Crippen molar-refractivity contribution in [2.75, 3.05) is 13.1 Å². The van der Waals surface area contributed by atoms with Crippen LogP contribution in [0, 0.1) is 0 Å². The molecule has 6 nitrogen and oxygen atoms in total. The molecule has 1 aromatic carbocycles. The van der Waals surface area contributed by atoms with Crippen LogP contribution >= 0.6 is 15.9 Å². The van der Waals surface area contributed by atoms with Crippen LogP contribution in [0.3, 0.4) is 0 Å². The highest BCUT2D eigenvalue weighted by Crippen LogP contribution is 2.49. The average Bonchev–Trinajstić information content (AvgIpc) is 3.37. The molecule has 0 amide bonds. The van der Waals surface area contributed by atoms with Gasteiger partial charge in [0.25, 0.3) is 0 Å². The molecule has 144 valence electrons. The molecule has 1 aliphatic heterocycles. The van der Waals surface area contributed by atoms with Crippen LogP contribution in [0.15, 0.2) is 33.7 Å². The topological polar surface area (TPSA) is 67.1 Å². The maximum atomic E-state index is 4.77. The number of hydrogen-bond donors (Lipinski definition) is 2. The molecule has 7 heteroatoms. The van der Waals surface area contributed by atoms with E-state index in [1.807, 2.05) is 0 Å². The number of guanidine groups is 1. The van der Waals surface area contributed by atoms with Gasteiger partial charge in [0.1, 0.15) is 12.4 Å². The summed E-state index contributed by atoms with van der Waals surface area (Å²) in [5, 5.41) is 15.6. The Bertz CT molecular complexity index is 824. The Kier molecular flexibility index (Phi) is 5.48. The van der Waals surface area contributed by atoms with Crippen molar-refractivity contribution in [3.8, 4) is 0 Å². The zero-order valence-corrected chi connectivity index (χ0v) is 17.4. The lowest BCUT2D eigenvalue weighted by atomic mass is 9.96. The Morgan fingerprint density at radius 3 is 2.85 bits per heavy atom. The molecule has 1 saturated carbocycles. The van der Waals surface area contributed by atoms with Crippen LogP contribution in [0.2, 0.25) is 0 Å². The lowest BCUT2D eigenvalue weighted by molar-refractivity contribution is 0.508. The first-order chi connectivity index (χ1) is 13.2. The van der Waals surface area contributed by atoms with Gasteiger partial charge in [0.05, 0.1) is 0 Å². The maximum absolute atomic E-state index is 4.77. The van der Waals surface area contributed by atoms with Gasteiger partial charge in [-0.3, -0.25) is 0 Å². The first-order valence-electron chi connectivity index (χ1n) is 9.90. The number of hydrogen-bond acceptors (Lipinski definition) is 3. The summed E-state index contributed by atoms with van der Waals surface area (Å²) in [5.41, 5.74) is 1.60. The second kappa shape index (κ2) is 8.00. The molecule has 2 heterocycles. The third-order valence-corrected chi connectivity index (χ3v) is 6.24. The number of nitrogens with zero attached hydrogens (tertiary/aromatic N) is 4. The molecule has 27 heavy (non-hydrogen) atoms. The summed E-state index contributed by atoms with van der Waals surface area (Å²) in [5.74, 6) is 2.92. The highest BCUT2D eigenvalue weighted by Gasteiger charge is 2.45. The number of nitrogens with one attached hydrogen (secondary N) is 2. The fourth-order valence-corrected chi connectivity index (χ4v) is 4.52. The molecule has 0 atom stereocenters. The number of halogens is 1. The second-order valence-corrected chi connectivity index (χ2v) is 8.30. The molecule has 2 N–H and O–H groups in total. The van der Waals surface area contributed by atoms with E-state index in [0.717, 1.165) is 43.7 Å². The molecular formula is C20H27BrN6. The van der Waals surface area contributed by atoms with Crippen molar-refractivity contribution in [1.29, 1.82) is 0 Å². The summed E-state index contributed by atoms with van der Waals surface area (Å²) in [6.45, 7) is 5.40. The predicted molar refractivity (Wildman–Crippen MR) is 111 cm³/mol. The number of benzene rings is 1. The van der Waals surface area contributed by atoms with Crippen LogP contribution in [-0.4, -0.2) is 33.8 Å². The van der Waals surface area contributed by atoms with Crippen molar-refractivity contribution >= 4 is 21.9 Å². The summed E-state index contributed by atoms with van der Waals surface area (Å²) in [7, 11) is 0. The van der Waals surface area contributed by atoms with Crippen LogP contribution in [-0.2, 0) is 24.9 Å². The third kappa shape index (κ3) is 4.03. The lowest BCUT2D eigenvalue weighted by Gasteiger charge is -2.20. The van der Waals surface area contributed by atoms with Gasteiger partial charge in [-0.1, -0.05) is 34.1 Å². The summed E-state index contributed by atoms with van der Waals surface area (Å²) in [4.78, 5) is 4.77. The summed E-state index contributed by atoms with van der Waals surface area (Å²) in [6, 6.07) is 8.55. The standard InChI is InChI=1S/C20H27BrN6/c1-2-22-19(23-13-18-26-25-17-9-5-6-12-27(17)18)24-14-20(10-11-20)15-7-3-4-8-16(15)21/h3-4,7-8H,2,5-6,9-14H2,1H3,(H2,22,23,24). The van der Waals surface area contributed by atoms with Gasteiger partial charge in [-0.25, -0.2) is 4.99 Å². The largest absolute Gasteiger partial charge is 0.357 e. The van der Waals surface area contributed by atoms with Crippen LogP contribution in [0.4, 0.5) is 0 Å². The van der Waals surface area contributed by atoms with Crippen molar-refractivity contribution in [2.24, 2.45) is 4.99 Å². The van der Waals surface area contributed by atoms with Gasteiger partial charge >= 0.3 is 0 Å². The molecule has 4 rings (SSSR count). The normalized spacial score (nSPS) is 18.1. The zero-order chi connectivity index (χ0) is 18.7. The fourth-order valence-electron chi connectivity index (χ4n) is 3.81. The smallest absolute Gasteiger partial charge is 0.191 e. The van der Waals surface area contributed by atoms with Gasteiger partial charge in [0.2, 0.25) is 0 Å². The SMILES string of the molecule is CCNC(=NCc1nnc2n1CCCC2)NCC1(c2ccccc2Br)CC1. The van der Waals surface area contributed by atoms with Crippen LogP contribution < -0.4 is 10.6 Å². The van der Waals surface area contributed by atoms with Gasteiger partial charge < -0.3 is 15.2 Å². The van der Waals surface area contributed by atoms with Crippen molar-refractivity contribution in [3.05, 3.63) is 46.0 Å². The van der Waals surface area contributed by atoms with Gasteiger partial charge in [-0.05, 0) is 44.2 Å². The van der Waals surface area contributed by atoms with Crippen LogP contribution in [0.25, 0.3) is 0 Å². The van der Waals surface area contributed by atoms with Crippen LogP contribution in [0.1, 0.15) is 49.8 Å². The first-order valence-corrected chi connectivity index (χ1v) is 10.7. The molecule has 0 spiro atoms. The van der Waals surface area contributed by atoms with E-state index in [-0.39, 0.29) is 5.41 Å². The predicted octanol–water partition coefficient (Wildman–Crippen LogP) is 3.16. The highest BCUT2D eigenvalue weighted by atomic mass is 79.9. The molecule has 0 saturated heterocycles. The van der Waals surface area contributed by atoms with Gasteiger partial charge in [0.15, 0.2) is 11.8 Å². The van der Waals surface area contributed by atoms with E-state index >= 15 is 0 Å². The van der Waals surface area contributed by atoms with Crippen molar-refractivity contribution in [2.45, 2.75) is 57.5 Å². The zero-order valence-electron chi connectivity index (χ0n) is 15.8. The fraction of sp³-hybridized carbons (Fsp3) is 0.550. The Morgan fingerprint density at radius 1 is 1.22 bits per heavy atom. The van der Waals surface area contributed by atoms with Crippen molar-refractivity contribution in [3.63, 3.8) is 0 Å². The molecule has 1 aliphatic carbocycles. The molecule has 2 aliphatic rings. The van der Waals surface area contributed by atoms with E-state index in [9.17, 15) is 0 Å². The summed E-state index contributed by atoms with van der Waals surface area (Å²) in [6.07, 6.45) is 5.86. The Labute approximate surface area is 169 Å². The minimum absolute atomic E-state index is 0.213. The minimum atomic E-state index is 0.213. The molecule has 1 fully saturated rings. The number of fused-ring (bicyclic) bond motifs is 1. The number of aryl methyl sites for hydroxylation is 1. The molecule has 0 radical (unpaired) electrons. The molecule has 1 aromatic heterocycles. The number of aromatic nitrogens is 3. The van der Waals surface area contributed by atoms with Crippen molar-refractivity contribution < 1.29 is 0 Å². The summed E-state index contributed by atoms with van der Waals surface area (Å²) >= 11 is 3.71. The first kappa shape index (κ1) is 18.5. The number of aliphatic imine (C=N–C) groups is 1. The average molecular weight is 431 g/mol. The lowest BCUT2D eigenvalue weighted by Crippen LogP contribution is -2.41. The van der Waals surface area contributed by atoms with Gasteiger partial charge in [0, 0.05) is 35.9 Å². The summed E-state index contributed by atoms with van der Waals surface area (Å²) < 4.78 is 3.43. The Morgan fingerprint density at radius 2 is 2.07 bits per heavy atom. The molecule has 0 unspecified atom stereocenters. The quantitative estimate of drug-likeness (QED) is 0.545. The Balaban J connectivity index is 1.43. The van der Waals surface area contributed by atoms with Crippen LogP contribution in [0.5, 0.6) is 0 Å². The number of rotatable bonds is 6. The monoisotopic (exact) mass is 430 g/mol. The van der Waals surface area contributed by atoms with E-state index < -0.39 is 0 Å².